The Hall–Kier alpha value is -1.29. The molecule has 1 N–H and O–H groups in total. The summed E-state index contributed by atoms with van der Waals surface area (Å²) in [4.78, 5) is 14.8. The van der Waals surface area contributed by atoms with Gasteiger partial charge < -0.3 is 14.8 Å². The molecule has 0 saturated carbocycles. The summed E-state index contributed by atoms with van der Waals surface area (Å²) in [5.74, 6) is 0.199. The van der Waals surface area contributed by atoms with Gasteiger partial charge in [0.05, 0.1) is 0 Å². The molecule has 110 valence electrons. The molecule has 1 aromatic rings. The number of likely N-dealkylation sites (tertiary alicyclic amines) is 1. The lowest BCUT2D eigenvalue weighted by Crippen LogP contribution is -2.52. The highest BCUT2D eigenvalue weighted by Crippen LogP contribution is 2.36. The lowest BCUT2D eigenvalue weighted by molar-refractivity contribution is 0.0426. The van der Waals surface area contributed by atoms with Crippen molar-refractivity contribution in [3.8, 4) is 0 Å². The largest absolute Gasteiger partial charge is 0.344 e. The minimum absolute atomic E-state index is 0.199. The maximum atomic E-state index is 12.7. The standard InChI is InChI=1S/C16H25N3O/c1-13-5-6-14(18(13)2)15(20)19-10-4-8-16(12-19)7-3-9-17-11-16/h5-6,17H,3-4,7-12H2,1-2H3. The lowest BCUT2D eigenvalue weighted by Gasteiger charge is -2.45. The number of carbonyl (C=O) groups excluding carboxylic acids is 1. The number of piperidine rings is 2. The minimum Gasteiger partial charge on any atom is -0.344 e. The quantitative estimate of drug-likeness (QED) is 0.850. The van der Waals surface area contributed by atoms with Crippen LogP contribution < -0.4 is 5.32 Å². The van der Waals surface area contributed by atoms with E-state index in [9.17, 15) is 4.79 Å². The Kier molecular flexibility index (Phi) is 3.59. The van der Waals surface area contributed by atoms with E-state index in [1.54, 1.807) is 0 Å². The second-order valence-electron chi connectivity index (χ2n) is 6.53. The molecule has 0 bridgehead atoms. The number of amides is 1. The third kappa shape index (κ3) is 2.37. The molecule has 2 aliphatic heterocycles. The van der Waals surface area contributed by atoms with E-state index in [2.05, 4.69) is 10.2 Å². The van der Waals surface area contributed by atoms with Crippen molar-refractivity contribution in [1.29, 1.82) is 0 Å². The first-order valence-electron chi connectivity index (χ1n) is 7.74. The van der Waals surface area contributed by atoms with Crippen LogP contribution in [0, 0.1) is 12.3 Å². The van der Waals surface area contributed by atoms with E-state index >= 15 is 0 Å². The second-order valence-corrected chi connectivity index (χ2v) is 6.53. The number of aryl methyl sites for hydroxylation is 1. The Balaban J connectivity index is 1.76. The van der Waals surface area contributed by atoms with E-state index in [4.69, 9.17) is 0 Å². The fraction of sp³-hybridized carbons (Fsp3) is 0.688. The van der Waals surface area contributed by atoms with Crippen molar-refractivity contribution < 1.29 is 4.79 Å². The zero-order valence-electron chi connectivity index (χ0n) is 12.6. The SMILES string of the molecule is Cc1ccc(C(=O)N2CCCC3(CCCNC3)C2)n1C. The Morgan fingerprint density at radius 1 is 1.30 bits per heavy atom. The van der Waals surface area contributed by atoms with E-state index in [0.717, 1.165) is 44.0 Å². The maximum absolute atomic E-state index is 12.7. The van der Waals surface area contributed by atoms with Gasteiger partial charge in [-0.25, -0.2) is 0 Å². The summed E-state index contributed by atoms with van der Waals surface area (Å²) in [5.41, 5.74) is 2.29. The summed E-state index contributed by atoms with van der Waals surface area (Å²) in [6, 6.07) is 3.98. The van der Waals surface area contributed by atoms with Gasteiger partial charge in [-0.1, -0.05) is 0 Å². The molecule has 20 heavy (non-hydrogen) atoms. The number of rotatable bonds is 1. The van der Waals surface area contributed by atoms with Gasteiger partial charge in [-0.15, -0.1) is 0 Å². The normalized spacial score (nSPS) is 27.0. The number of hydrogen-bond donors (Lipinski definition) is 1. The number of aromatic nitrogens is 1. The van der Waals surface area contributed by atoms with Crippen LogP contribution in [0.1, 0.15) is 41.9 Å². The van der Waals surface area contributed by atoms with Gasteiger partial charge in [0.15, 0.2) is 0 Å². The molecule has 1 atom stereocenters. The molecule has 3 rings (SSSR count). The molecule has 4 nitrogen and oxygen atoms in total. The first-order chi connectivity index (χ1) is 9.61. The van der Waals surface area contributed by atoms with E-state index < -0.39 is 0 Å². The van der Waals surface area contributed by atoms with Gasteiger partial charge in [-0.05, 0) is 51.3 Å². The zero-order chi connectivity index (χ0) is 14.2. The van der Waals surface area contributed by atoms with E-state index in [-0.39, 0.29) is 5.91 Å². The molecule has 1 amide bonds. The summed E-state index contributed by atoms with van der Waals surface area (Å²) >= 11 is 0. The molecule has 1 spiro atoms. The van der Waals surface area contributed by atoms with Crippen molar-refractivity contribution in [2.45, 2.75) is 32.6 Å². The number of carbonyl (C=O) groups is 1. The first kappa shape index (κ1) is 13.7. The number of hydrogen-bond acceptors (Lipinski definition) is 2. The molecule has 3 heterocycles. The molecule has 2 saturated heterocycles. The summed E-state index contributed by atoms with van der Waals surface area (Å²) < 4.78 is 2.00. The predicted octanol–water partition coefficient (Wildman–Crippen LogP) is 1.94. The summed E-state index contributed by atoms with van der Waals surface area (Å²) in [6.45, 7) is 6.07. The molecule has 2 aliphatic rings. The van der Waals surface area contributed by atoms with E-state index in [0.29, 0.717) is 5.41 Å². The lowest BCUT2D eigenvalue weighted by atomic mass is 9.74. The molecule has 0 aliphatic carbocycles. The van der Waals surface area contributed by atoms with Gasteiger partial charge >= 0.3 is 0 Å². The third-order valence-corrected chi connectivity index (χ3v) is 5.10. The Bertz CT molecular complexity index is 494. The zero-order valence-corrected chi connectivity index (χ0v) is 12.6. The summed E-state index contributed by atoms with van der Waals surface area (Å²) in [5, 5.41) is 3.52. The molecule has 1 aromatic heterocycles. The molecular formula is C16H25N3O. The molecule has 1 unspecified atom stereocenters. The monoisotopic (exact) mass is 275 g/mol. The van der Waals surface area contributed by atoms with Gasteiger partial charge in [0.25, 0.3) is 5.91 Å². The molecular weight excluding hydrogens is 250 g/mol. The van der Waals surface area contributed by atoms with Crippen molar-refractivity contribution in [3.05, 3.63) is 23.5 Å². The van der Waals surface area contributed by atoms with Crippen molar-refractivity contribution in [1.82, 2.24) is 14.8 Å². The summed E-state index contributed by atoms with van der Waals surface area (Å²) in [6.07, 6.45) is 4.90. The molecule has 0 radical (unpaired) electrons. The third-order valence-electron chi connectivity index (χ3n) is 5.10. The van der Waals surface area contributed by atoms with Crippen LogP contribution in [0.2, 0.25) is 0 Å². The van der Waals surface area contributed by atoms with Crippen LogP contribution in [0.4, 0.5) is 0 Å². The average Bonchev–Trinajstić information content (AvgIpc) is 2.79. The Labute approximate surface area is 121 Å². The van der Waals surface area contributed by atoms with Crippen molar-refractivity contribution >= 4 is 5.91 Å². The van der Waals surface area contributed by atoms with Gasteiger partial charge in [-0.2, -0.15) is 0 Å². The van der Waals surface area contributed by atoms with Crippen LogP contribution in [0.25, 0.3) is 0 Å². The molecule has 4 heteroatoms. The highest BCUT2D eigenvalue weighted by molar-refractivity contribution is 5.93. The smallest absolute Gasteiger partial charge is 0.270 e. The number of nitrogens with zero attached hydrogens (tertiary/aromatic N) is 2. The van der Waals surface area contributed by atoms with Crippen molar-refractivity contribution in [2.75, 3.05) is 26.2 Å². The highest BCUT2D eigenvalue weighted by atomic mass is 16.2. The minimum atomic E-state index is 0.199. The topological polar surface area (TPSA) is 37.3 Å². The molecule has 2 fully saturated rings. The van der Waals surface area contributed by atoms with E-state index in [1.165, 1.54) is 19.3 Å². The maximum Gasteiger partial charge on any atom is 0.270 e. The van der Waals surface area contributed by atoms with Crippen LogP contribution in [-0.2, 0) is 7.05 Å². The first-order valence-corrected chi connectivity index (χ1v) is 7.74. The summed E-state index contributed by atoms with van der Waals surface area (Å²) in [7, 11) is 1.98. The number of nitrogens with one attached hydrogen (secondary N) is 1. The highest BCUT2D eigenvalue weighted by Gasteiger charge is 2.38. The van der Waals surface area contributed by atoms with Gasteiger partial charge in [0.1, 0.15) is 5.69 Å². The van der Waals surface area contributed by atoms with Gasteiger partial charge in [-0.3, -0.25) is 4.79 Å². The van der Waals surface area contributed by atoms with Gasteiger partial charge in [0, 0.05) is 37.8 Å². The second kappa shape index (κ2) is 5.24. The van der Waals surface area contributed by atoms with Crippen LogP contribution in [0.15, 0.2) is 12.1 Å². The van der Waals surface area contributed by atoms with Crippen LogP contribution in [0.5, 0.6) is 0 Å². The molecule has 0 aromatic carbocycles. The van der Waals surface area contributed by atoms with Crippen LogP contribution in [-0.4, -0.2) is 41.6 Å². The fourth-order valence-electron chi connectivity index (χ4n) is 3.75. The predicted molar refractivity (Wildman–Crippen MR) is 79.8 cm³/mol. The van der Waals surface area contributed by atoms with Gasteiger partial charge in [0.2, 0.25) is 0 Å². The van der Waals surface area contributed by atoms with E-state index in [1.807, 2.05) is 30.7 Å². The average molecular weight is 275 g/mol. The fourth-order valence-corrected chi connectivity index (χ4v) is 3.75. The van der Waals surface area contributed by atoms with Crippen LogP contribution in [0.3, 0.4) is 0 Å². The van der Waals surface area contributed by atoms with Crippen LogP contribution >= 0.6 is 0 Å². The van der Waals surface area contributed by atoms with Crippen molar-refractivity contribution in [2.24, 2.45) is 12.5 Å². The van der Waals surface area contributed by atoms with Crippen molar-refractivity contribution in [3.63, 3.8) is 0 Å². The Morgan fingerprint density at radius 3 is 2.75 bits per heavy atom. The Morgan fingerprint density at radius 2 is 2.10 bits per heavy atom.